The largest absolute Gasteiger partial charge is 0.507 e. The highest BCUT2D eigenvalue weighted by Crippen LogP contribution is 2.22. The second-order valence-electron chi connectivity index (χ2n) is 4.86. The zero-order valence-electron chi connectivity index (χ0n) is 11.5. The molecule has 1 unspecified atom stereocenters. The molecule has 0 saturated heterocycles. The predicted octanol–water partition coefficient (Wildman–Crippen LogP) is 3.83. The summed E-state index contributed by atoms with van der Waals surface area (Å²) in [5.74, 6) is -1.44. The van der Waals surface area contributed by atoms with Gasteiger partial charge in [0.1, 0.15) is 5.75 Å². The summed E-state index contributed by atoms with van der Waals surface area (Å²) in [7, 11) is 0. The van der Waals surface area contributed by atoms with Crippen molar-refractivity contribution in [3.8, 4) is 5.75 Å². The number of aromatic hydroxyl groups is 1. The van der Waals surface area contributed by atoms with Crippen molar-refractivity contribution in [2.75, 3.05) is 0 Å². The van der Waals surface area contributed by atoms with Crippen molar-refractivity contribution >= 4 is 0 Å². The van der Waals surface area contributed by atoms with Crippen LogP contribution in [-0.2, 0) is 6.54 Å². The van der Waals surface area contributed by atoms with Gasteiger partial charge >= 0.3 is 0 Å². The van der Waals surface area contributed by atoms with Gasteiger partial charge in [-0.25, -0.2) is 8.78 Å². The summed E-state index contributed by atoms with van der Waals surface area (Å²) in [4.78, 5) is 0. The van der Waals surface area contributed by atoms with Crippen LogP contribution < -0.4 is 5.32 Å². The molecular weight excluding hydrogens is 260 g/mol. The van der Waals surface area contributed by atoms with Crippen molar-refractivity contribution in [2.45, 2.75) is 26.4 Å². The summed E-state index contributed by atoms with van der Waals surface area (Å²) in [5.41, 5.74) is 2.25. The van der Waals surface area contributed by atoms with Gasteiger partial charge in [-0.3, -0.25) is 0 Å². The van der Waals surface area contributed by atoms with Crippen LogP contribution in [0.15, 0.2) is 36.4 Å². The van der Waals surface area contributed by atoms with Gasteiger partial charge in [-0.2, -0.15) is 0 Å². The third-order valence-electron chi connectivity index (χ3n) is 3.36. The molecule has 0 amide bonds. The van der Waals surface area contributed by atoms with Gasteiger partial charge in [-0.15, -0.1) is 0 Å². The zero-order chi connectivity index (χ0) is 14.7. The van der Waals surface area contributed by atoms with E-state index >= 15 is 0 Å². The summed E-state index contributed by atoms with van der Waals surface area (Å²) in [6.07, 6.45) is 0. The molecule has 0 aliphatic heterocycles. The lowest BCUT2D eigenvalue weighted by Crippen LogP contribution is -2.18. The second-order valence-corrected chi connectivity index (χ2v) is 4.86. The number of rotatable bonds is 4. The van der Waals surface area contributed by atoms with Gasteiger partial charge in [0.15, 0.2) is 11.6 Å². The number of benzene rings is 2. The zero-order valence-corrected chi connectivity index (χ0v) is 11.5. The van der Waals surface area contributed by atoms with Crippen LogP contribution in [0.5, 0.6) is 5.75 Å². The van der Waals surface area contributed by atoms with Crippen molar-refractivity contribution < 1.29 is 13.9 Å². The Bertz CT molecular complexity index is 613. The molecule has 0 saturated carbocycles. The van der Waals surface area contributed by atoms with Crippen LogP contribution >= 0.6 is 0 Å². The maximum Gasteiger partial charge on any atom is 0.159 e. The molecule has 2 rings (SSSR count). The fourth-order valence-electron chi connectivity index (χ4n) is 2.02. The minimum atomic E-state index is -0.852. The minimum absolute atomic E-state index is 0.148. The molecule has 20 heavy (non-hydrogen) atoms. The van der Waals surface area contributed by atoms with Gasteiger partial charge in [-0.1, -0.05) is 24.3 Å². The van der Waals surface area contributed by atoms with E-state index < -0.39 is 11.6 Å². The Morgan fingerprint density at radius 1 is 1.15 bits per heavy atom. The number of hydrogen-bond acceptors (Lipinski definition) is 2. The standard InChI is InChI=1S/C16H17F2NO/c1-10-4-3-5-13(16(10)20)9-19-11(2)12-6-7-14(17)15(18)8-12/h3-8,11,19-20H,9H2,1-2H3. The molecule has 2 nitrogen and oxygen atoms in total. The maximum atomic E-state index is 13.2. The van der Waals surface area contributed by atoms with E-state index in [9.17, 15) is 13.9 Å². The molecule has 0 heterocycles. The van der Waals surface area contributed by atoms with Crippen LogP contribution in [-0.4, -0.2) is 5.11 Å². The Morgan fingerprint density at radius 2 is 1.90 bits per heavy atom. The Kier molecular flexibility index (Phi) is 4.35. The van der Waals surface area contributed by atoms with Gasteiger partial charge in [0.2, 0.25) is 0 Å². The number of nitrogens with one attached hydrogen (secondary N) is 1. The van der Waals surface area contributed by atoms with Gasteiger partial charge in [0, 0.05) is 18.2 Å². The van der Waals surface area contributed by atoms with Gasteiger partial charge in [0.25, 0.3) is 0 Å². The summed E-state index contributed by atoms with van der Waals surface area (Å²) < 4.78 is 26.1. The number of para-hydroxylation sites is 1. The fraction of sp³-hybridized carbons (Fsp3) is 0.250. The first-order valence-electron chi connectivity index (χ1n) is 6.45. The number of aryl methyl sites for hydroxylation is 1. The summed E-state index contributed by atoms with van der Waals surface area (Å²) in [6.45, 7) is 4.14. The fourth-order valence-corrected chi connectivity index (χ4v) is 2.02. The highest BCUT2D eigenvalue weighted by Gasteiger charge is 2.10. The molecule has 2 N–H and O–H groups in total. The molecule has 4 heteroatoms. The van der Waals surface area contributed by atoms with Gasteiger partial charge in [-0.05, 0) is 37.1 Å². The van der Waals surface area contributed by atoms with E-state index in [-0.39, 0.29) is 11.8 Å². The van der Waals surface area contributed by atoms with Crippen molar-refractivity contribution in [1.82, 2.24) is 5.32 Å². The van der Waals surface area contributed by atoms with Crippen LogP contribution in [0.1, 0.15) is 29.7 Å². The Labute approximate surface area is 117 Å². The molecule has 2 aromatic carbocycles. The van der Waals surface area contributed by atoms with Crippen molar-refractivity contribution in [1.29, 1.82) is 0 Å². The number of hydrogen-bond donors (Lipinski definition) is 2. The number of phenolic OH excluding ortho intramolecular Hbond substituents is 1. The normalized spacial score (nSPS) is 12.4. The maximum absolute atomic E-state index is 13.2. The lowest BCUT2D eigenvalue weighted by molar-refractivity contribution is 0.455. The lowest BCUT2D eigenvalue weighted by atomic mass is 10.1. The quantitative estimate of drug-likeness (QED) is 0.890. The second kappa shape index (κ2) is 6.01. The average molecular weight is 277 g/mol. The van der Waals surface area contributed by atoms with E-state index in [1.54, 1.807) is 6.07 Å². The first kappa shape index (κ1) is 14.5. The van der Waals surface area contributed by atoms with Crippen molar-refractivity contribution in [3.05, 3.63) is 64.7 Å². The van der Waals surface area contributed by atoms with E-state index in [0.717, 1.165) is 17.2 Å². The monoisotopic (exact) mass is 277 g/mol. The molecule has 2 aromatic rings. The Morgan fingerprint density at radius 3 is 2.60 bits per heavy atom. The smallest absolute Gasteiger partial charge is 0.159 e. The molecule has 0 aliphatic carbocycles. The lowest BCUT2D eigenvalue weighted by Gasteiger charge is -2.15. The van der Waals surface area contributed by atoms with E-state index in [1.807, 2.05) is 32.0 Å². The minimum Gasteiger partial charge on any atom is -0.507 e. The van der Waals surface area contributed by atoms with E-state index in [0.29, 0.717) is 12.1 Å². The molecule has 0 spiro atoms. The Hall–Kier alpha value is -1.94. The summed E-state index contributed by atoms with van der Waals surface area (Å²) >= 11 is 0. The highest BCUT2D eigenvalue weighted by molar-refractivity contribution is 5.39. The van der Waals surface area contributed by atoms with E-state index in [1.165, 1.54) is 6.07 Å². The summed E-state index contributed by atoms with van der Waals surface area (Å²) in [5, 5.41) is 13.1. The van der Waals surface area contributed by atoms with Crippen molar-refractivity contribution in [2.24, 2.45) is 0 Å². The number of halogens is 2. The molecule has 0 bridgehead atoms. The topological polar surface area (TPSA) is 32.3 Å². The van der Waals surface area contributed by atoms with Crippen LogP contribution in [0.2, 0.25) is 0 Å². The third-order valence-corrected chi connectivity index (χ3v) is 3.36. The summed E-state index contributed by atoms with van der Waals surface area (Å²) in [6, 6.07) is 9.23. The number of phenols is 1. The molecule has 0 aliphatic rings. The van der Waals surface area contributed by atoms with Crippen LogP contribution in [0.3, 0.4) is 0 Å². The van der Waals surface area contributed by atoms with Crippen LogP contribution in [0, 0.1) is 18.6 Å². The van der Waals surface area contributed by atoms with Crippen molar-refractivity contribution in [3.63, 3.8) is 0 Å². The molecule has 0 fully saturated rings. The van der Waals surface area contributed by atoms with Crippen LogP contribution in [0.25, 0.3) is 0 Å². The van der Waals surface area contributed by atoms with Gasteiger partial charge < -0.3 is 10.4 Å². The SMILES string of the molecule is Cc1cccc(CNC(C)c2ccc(F)c(F)c2)c1O. The van der Waals surface area contributed by atoms with E-state index in [2.05, 4.69) is 5.32 Å². The van der Waals surface area contributed by atoms with E-state index in [4.69, 9.17) is 0 Å². The first-order valence-corrected chi connectivity index (χ1v) is 6.45. The molecule has 1 atom stereocenters. The average Bonchev–Trinajstić information content (AvgIpc) is 2.43. The third kappa shape index (κ3) is 3.14. The van der Waals surface area contributed by atoms with Gasteiger partial charge in [0.05, 0.1) is 0 Å². The van der Waals surface area contributed by atoms with Crippen LogP contribution in [0.4, 0.5) is 8.78 Å². The molecular formula is C16H17F2NO. The highest BCUT2D eigenvalue weighted by atomic mass is 19.2. The Balaban J connectivity index is 2.06. The predicted molar refractivity (Wildman–Crippen MR) is 74.5 cm³/mol. The molecule has 0 aromatic heterocycles. The molecule has 0 radical (unpaired) electrons. The molecule has 106 valence electrons. The first-order chi connectivity index (χ1) is 9.49.